The van der Waals surface area contributed by atoms with Crippen LogP contribution in [0.5, 0.6) is 0 Å². The van der Waals surface area contributed by atoms with Gasteiger partial charge in [0.25, 0.3) is 0 Å². The maximum atomic E-state index is 5.90. The van der Waals surface area contributed by atoms with Crippen LogP contribution in [0.2, 0.25) is 0 Å². The van der Waals surface area contributed by atoms with Crippen LogP contribution in [0.3, 0.4) is 0 Å². The third kappa shape index (κ3) is 3.70. The Bertz CT molecular complexity index is 538. The lowest BCUT2D eigenvalue weighted by atomic mass is 10.0. The van der Waals surface area contributed by atoms with Gasteiger partial charge in [0.1, 0.15) is 0 Å². The molecule has 0 saturated carbocycles. The number of rotatable bonds is 6. The first-order valence-corrected chi connectivity index (χ1v) is 7.32. The first kappa shape index (κ1) is 14.8. The van der Waals surface area contributed by atoms with E-state index in [1.165, 1.54) is 16.7 Å². The van der Waals surface area contributed by atoms with Crippen molar-refractivity contribution < 1.29 is 4.42 Å². The van der Waals surface area contributed by atoms with Gasteiger partial charge in [-0.1, -0.05) is 32.0 Å². The molecule has 20 heavy (non-hydrogen) atoms. The van der Waals surface area contributed by atoms with Gasteiger partial charge in [-0.05, 0) is 37.9 Å². The average molecular weight is 272 g/mol. The molecule has 2 aromatic rings. The summed E-state index contributed by atoms with van der Waals surface area (Å²) in [6.45, 7) is 9.53. The Morgan fingerprint density at radius 2 is 1.90 bits per heavy atom. The molecule has 1 aromatic carbocycles. The van der Waals surface area contributed by atoms with Gasteiger partial charge in [0.15, 0.2) is 11.7 Å². The van der Waals surface area contributed by atoms with Crippen molar-refractivity contribution in [1.29, 1.82) is 0 Å². The zero-order valence-electron chi connectivity index (χ0n) is 12.9. The number of benzene rings is 1. The van der Waals surface area contributed by atoms with Crippen LogP contribution in [0.15, 0.2) is 28.8 Å². The molecule has 0 spiro atoms. The van der Waals surface area contributed by atoms with Crippen molar-refractivity contribution in [3.8, 4) is 11.3 Å². The minimum absolute atomic E-state index is 0.532. The van der Waals surface area contributed by atoms with E-state index in [1.807, 2.05) is 6.20 Å². The Morgan fingerprint density at radius 3 is 2.55 bits per heavy atom. The lowest BCUT2D eigenvalue weighted by Gasteiger charge is -2.06. The van der Waals surface area contributed by atoms with Crippen molar-refractivity contribution in [2.75, 3.05) is 6.54 Å². The van der Waals surface area contributed by atoms with Gasteiger partial charge < -0.3 is 9.73 Å². The largest absolute Gasteiger partial charge is 0.441 e. The molecule has 3 heteroatoms. The number of hydrogen-bond donors (Lipinski definition) is 1. The second-order valence-electron chi connectivity index (χ2n) is 5.60. The van der Waals surface area contributed by atoms with Crippen molar-refractivity contribution in [2.24, 2.45) is 0 Å². The molecule has 1 heterocycles. The monoisotopic (exact) mass is 272 g/mol. The van der Waals surface area contributed by atoms with Gasteiger partial charge >= 0.3 is 0 Å². The molecule has 0 fully saturated rings. The highest BCUT2D eigenvalue weighted by molar-refractivity contribution is 5.65. The van der Waals surface area contributed by atoms with Crippen molar-refractivity contribution in [3.63, 3.8) is 0 Å². The van der Waals surface area contributed by atoms with Crippen LogP contribution in [0, 0.1) is 13.8 Å². The van der Waals surface area contributed by atoms with Gasteiger partial charge in [-0.15, -0.1) is 0 Å². The van der Waals surface area contributed by atoms with E-state index >= 15 is 0 Å². The lowest BCUT2D eigenvalue weighted by molar-refractivity contribution is 0.484. The first-order valence-electron chi connectivity index (χ1n) is 7.32. The molecule has 0 amide bonds. The van der Waals surface area contributed by atoms with Gasteiger partial charge in [0.05, 0.1) is 6.20 Å². The number of oxazole rings is 1. The van der Waals surface area contributed by atoms with Crippen molar-refractivity contribution in [2.45, 2.75) is 46.6 Å². The predicted molar refractivity (Wildman–Crippen MR) is 82.9 cm³/mol. The van der Waals surface area contributed by atoms with E-state index in [2.05, 4.69) is 56.2 Å². The molecule has 0 atom stereocenters. The summed E-state index contributed by atoms with van der Waals surface area (Å²) < 4.78 is 5.90. The summed E-state index contributed by atoms with van der Waals surface area (Å²) >= 11 is 0. The van der Waals surface area contributed by atoms with E-state index in [0.717, 1.165) is 31.0 Å². The fourth-order valence-electron chi connectivity index (χ4n) is 2.37. The van der Waals surface area contributed by atoms with Crippen LogP contribution in [0.4, 0.5) is 0 Å². The summed E-state index contributed by atoms with van der Waals surface area (Å²) in [6.07, 6.45) is 3.77. The van der Waals surface area contributed by atoms with Crippen molar-refractivity contribution in [1.82, 2.24) is 10.3 Å². The topological polar surface area (TPSA) is 38.1 Å². The zero-order valence-corrected chi connectivity index (χ0v) is 12.9. The number of hydrogen-bond acceptors (Lipinski definition) is 3. The summed E-state index contributed by atoms with van der Waals surface area (Å²) in [7, 11) is 0. The van der Waals surface area contributed by atoms with Gasteiger partial charge in [-0.25, -0.2) is 4.98 Å². The number of nitrogens with zero attached hydrogens (tertiary/aromatic N) is 1. The molecule has 108 valence electrons. The summed E-state index contributed by atoms with van der Waals surface area (Å²) in [5, 5.41) is 3.40. The van der Waals surface area contributed by atoms with Crippen molar-refractivity contribution >= 4 is 0 Å². The standard InChI is InChI=1S/C17H24N2O/c1-12(2)18-10-6-9-16-19-11-15(20-16)17-13(3)7-5-8-14(17)4/h5,7-8,11-12,18H,6,9-10H2,1-4H3. The molecule has 0 aliphatic carbocycles. The maximum absolute atomic E-state index is 5.90. The van der Waals surface area contributed by atoms with Gasteiger partial charge in [0, 0.05) is 18.0 Å². The number of aryl methyl sites for hydroxylation is 3. The molecule has 0 saturated heterocycles. The third-order valence-electron chi connectivity index (χ3n) is 3.40. The Balaban J connectivity index is 2.02. The highest BCUT2D eigenvalue weighted by atomic mass is 16.4. The Labute approximate surface area is 121 Å². The van der Waals surface area contributed by atoms with Crippen LogP contribution < -0.4 is 5.32 Å². The SMILES string of the molecule is Cc1cccc(C)c1-c1cnc(CCCNC(C)C)o1. The lowest BCUT2D eigenvalue weighted by Crippen LogP contribution is -2.23. The molecule has 0 unspecified atom stereocenters. The summed E-state index contributed by atoms with van der Waals surface area (Å²) in [5.74, 6) is 1.71. The third-order valence-corrected chi connectivity index (χ3v) is 3.40. The van der Waals surface area contributed by atoms with E-state index in [0.29, 0.717) is 6.04 Å². The maximum Gasteiger partial charge on any atom is 0.194 e. The minimum atomic E-state index is 0.532. The summed E-state index contributed by atoms with van der Waals surface area (Å²) in [6, 6.07) is 6.82. The van der Waals surface area contributed by atoms with Crippen molar-refractivity contribution in [3.05, 3.63) is 41.4 Å². The molecule has 0 bridgehead atoms. The average Bonchev–Trinajstić information content (AvgIpc) is 2.83. The normalized spacial score (nSPS) is 11.2. The summed E-state index contributed by atoms with van der Waals surface area (Å²) in [5.41, 5.74) is 3.63. The van der Waals surface area contributed by atoms with E-state index in [-0.39, 0.29) is 0 Å². The predicted octanol–water partition coefficient (Wildman–Crippen LogP) is 3.89. The van der Waals surface area contributed by atoms with E-state index < -0.39 is 0 Å². The van der Waals surface area contributed by atoms with Crippen LogP contribution >= 0.6 is 0 Å². The van der Waals surface area contributed by atoms with Crippen LogP contribution in [-0.2, 0) is 6.42 Å². The van der Waals surface area contributed by atoms with Gasteiger partial charge in [0.2, 0.25) is 0 Å². The quantitative estimate of drug-likeness (QED) is 0.811. The number of aromatic nitrogens is 1. The summed E-state index contributed by atoms with van der Waals surface area (Å²) in [4.78, 5) is 4.40. The molecular weight excluding hydrogens is 248 g/mol. The minimum Gasteiger partial charge on any atom is -0.441 e. The molecule has 1 N–H and O–H groups in total. The van der Waals surface area contributed by atoms with Crippen LogP contribution in [-0.4, -0.2) is 17.6 Å². The molecular formula is C17H24N2O. The Hall–Kier alpha value is -1.61. The molecule has 0 aliphatic heterocycles. The zero-order chi connectivity index (χ0) is 14.5. The fraction of sp³-hybridized carbons (Fsp3) is 0.471. The number of nitrogens with one attached hydrogen (secondary N) is 1. The Kier molecular flexibility index (Phi) is 4.96. The van der Waals surface area contributed by atoms with Gasteiger partial charge in [-0.3, -0.25) is 0 Å². The fourth-order valence-corrected chi connectivity index (χ4v) is 2.37. The van der Waals surface area contributed by atoms with Crippen LogP contribution in [0.25, 0.3) is 11.3 Å². The molecule has 0 aliphatic rings. The second kappa shape index (κ2) is 6.71. The molecule has 1 aromatic heterocycles. The van der Waals surface area contributed by atoms with Crippen LogP contribution in [0.1, 0.15) is 37.3 Å². The highest BCUT2D eigenvalue weighted by Gasteiger charge is 2.11. The van der Waals surface area contributed by atoms with Gasteiger partial charge in [-0.2, -0.15) is 0 Å². The molecule has 3 nitrogen and oxygen atoms in total. The molecule has 2 rings (SSSR count). The van der Waals surface area contributed by atoms with E-state index in [1.54, 1.807) is 0 Å². The molecule has 0 radical (unpaired) electrons. The highest BCUT2D eigenvalue weighted by Crippen LogP contribution is 2.27. The smallest absolute Gasteiger partial charge is 0.194 e. The Morgan fingerprint density at radius 1 is 1.20 bits per heavy atom. The van der Waals surface area contributed by atoms with E-state index in [9.17, 15) is 0 Å². The first-order chi connectivity index (χ1) is 9.58. The second-order valence-corrected chi connectivity index (χ2v) is 5.60. The van der Waals surface area contributed by atoms with E-state index in [4.69, 9.17) is 4.42 Å².